The quantitative estimate of drug-likeness (QED) is 0.755. The molecule has 0 radical (unpaired) electrons. The van der Waals surface area contributed by atoms with Gasteiger partial charge < -0.3 is 5.11 Å². The predicted molar refractivity (Wildman–Crippen MR) is 68.4 cm³/mol. The van der Waals surface area contributed by atoms with Crippen LogP contribution in [-0.4, -0.2) is 10.7 Å². The molecule has 0 unspecified atom stereocenters. The first-order chi connectivity index (χ1) is 7.72. The minimum Gasteiger partial charge on any atom is -0.390 e. The van der Waals surface area contributed by atoms with Crippen molar-refractivity contribution < 1.29 is 5.11 Å². The van der Waals surface area contributed by atoms with E-state index in [0.29, 0.717) is 0 Å². The van der Waals surface area contributed by atoms with Crippen molar-refractivity contribution in [3.05, 3.63) is 0 Å². The lowest BCUT2D eigenvalue weighted by Gasteiger charge is -2.37. The third kappa shape index (κ3) is 3.23. The van der Waals surface area contributed by atoms with Gasteiger partial charge in [0.25, 0.3) is 0 Å². The molecule has 0 aromatic rings. The van der Waals surface area contributed by atoms with Crippen molar-refractivity contribution in [2.24, 2.45) is 11.8 Å². The summed E-state index contributed by atoms with van der Waals surface area (Å²) in [5, 5.41) is 10.6. The van der Waals surface area contributed by atoms with Crippen molar-refractivity contribution >= 4 is 0 Å². The van der Waals surface area contributed by atoms with Gasteiger partial charge in [0.15, 0.2) is 0 Å². The fourth-order valence-electron chi connectivity index (χ4n) is 3.87. The minimum atomic E-state index is -0.279. The highest BCUT2D eigenvalue weighted by molar-refractivity contribution is 4.88. The van der Waals surface area contributed by atoms with Gasteiger partial charge >= 0.3 is 0 Å². The second-order valence-corrected chi connectivity index (χ2v) is 6.31. The summed E-state index contributed by atoms with van der Waals surface area (Å²) in [7, 11) is 0. The van der Waals surface area contributed by atoms with Crippen LogP contribution in [0.4, 0.5) is 0 Å². The molecule has 0 aromatic carbocycles. The van der Waals surface area contributed by atoms with Crippen LogP contribution in [0.1, 0.15) is 77.6 Å². The molecule has 2 saturated carbocycles. The van der Waals surface area contributed by atoms with Crippen LogP contribution in [0.3, 0.4) is 0 Å². The highest BCUT2D eigenvalue weighted by Gasteiger charge is 2.35. The van der Waals surface area contributed by atoms with Gasteiger partial charge in [-0.3, -0.25) is 0 Å². The molecule has 2 rings (SSSR count). The molecule has 0 bridgehead atoms. The molecule has 2 aliphatic carbocycles. The Kier molecular flexibility index (Phi) is 4.29. The zero-order chi connectivity index (χ0) is 11.4. The van der Waals surface area contributed by atoms with E-state index in [2.05, 4.69) is 6.92 Å². The van der Waals surface area contributed by atoms with E-state index in [9.17, 15) is 5.11 Å². The van der Waals surface area contributed by atoms with Gasteiger partial charge in [-0.2, -0.15) is 0 Å². The summed E-state index contributed by atoms with van der Waals surface area (Å²) in [6.07, 6.45) is 14.0. The van der Waals surface area contributed by atoms with Crippen LogP contribution < -0.4 is 0 Å². The highest BCUT2D eigenvalue weighted by atomic mass is 16.3. The second kappa shape index (κ2) is 5.53. The summed E-state index contributed by atoms with van der Waals surface area (Å²) in [6, 6.07) is 0. The van der Waals surface area contributed by atoms with Gasteiger partial charge in [-0.1, -0.05) is 45.4 Å². The molecule has 0 atom stereocenters. The first-order valence-electron chi connectivity index (χ1n) is 7.44. The Morgan fingerprint density at radius 2 is 1.62 bits per heavy atom. The average molecular weight is 224 g/mol. The van der Waals surface area contributed by atoms with Crippen molar-refractivity contribution in [2.75, 3.05) is 0 Å². The van der Waals surface area contributed by atoms with Crippen molar-refractivity contribution in [3.8, 4) is 0 Å². The molecule has 1 heteroatoms. The van der Waals surface area contributed by atoms with Gasteiger partial charge in [-0.15, -0.1) is 0 Å². The monoisotopic (exact) mass is 224 g/mol. The van der Waals surface area contributed by atoms with E-state index in [0.717, 1.165) is 31.1 Å². The molecule has 1 N–H and O–H groups in total. The van der Waals surface area contributed by atoms with Crippen LogP contribution >= 0.6 is 0 Å². The first-order valence-corrected chi connectivity index (χ1v) is 7.44. The molecule has 0 spiro atoms. The summed E-state index contributed by atoms with van der Waals surface area (Å²) in [6.45, 7) is 2.28. The zero-order valence-electron chi connectivity index (χ0n) is 10.9. The van der Waals surface area contributed by atoms with Crippen LogP contribution in [0, 0.1) is 11.8 Å². The van der Waals surface area contributed by atoms with Crippen LogP contribution in [0.15, 0.2) is 0 Å². The Morgan fingerprint density at radius 1 is 1.00 bits per heavy atom. The van der Waals surface area contributed by atoms with E-state index in [4.69, 9.17) is 0 Å². The fraction of sp³-hybridized carbons (Fsp3) is 1.00. The van der Waals surface area contributed by atoms with Crippen LogP contribution in [-0.2, 0) is 0 Å². The SMILES string of the molecule is CCCC1CCC(O)(CC2CCCC2)CC1. The van der Waals surface area contributed by atoms with Crippen LogP contribution in [0.5, 0.6) is 0 Å². The Balaban J connectivity index is 1.76. The second-order valence-electron chi connectivity index (χ2n) is 6.31. The summed E-state index contributed by atoms with van der Waals surface area (Å²) in [5.74, 6) is 1.75. The maximum atomic E-state index is 10.6. The third-order valence-electron chi connectivity index (χ3n) is 4.88. The van der Waals surface area contributed by atoms with E-state index >= 15 is 0 Å². The smallest absolute Gasteiger partial charge is 0.0650 e. The van der Waals surface area contributed by atoms with E-state index in [-0.39, 0.29) is 5.60 Å². The molecule has 1 nitrogen and oxygen atoms in total. The van der Waals surface area contributed by atoms with Crippen molar-refractivity contribution in [2.45, 2.75) is 83.2 Å². The Morgan fingerprint density at radius 3 is 2.19 bits per heavy atom. The molecule has 0 heterocycles. The molecule has 94 valence electrons. The topological polar surface area (TPSA) is 20.2 Å². The molecule has 0 amide bonds. The normalized spacial score (nSPS) is 36.8. The summed E-state index contributed by atoms with van der Waals surface area (Å²) >= 11 is 0. The number of hydrogen-bond acceptors (Lipinski definition) is 1. The summed E-state index contributed by atoms with van der Waals surface area (Å²) < 4.78 is 0. The Hall–Kier alpha value is -0.0400. The minimum absolute atomic E-state index is 0.279. The van der Waals surface area contributed by atoms with E-state index in [1.54, 1.807) is 0 Å². The zero-order valence-corrected chi connectivity index (χ0v) is 10.9. The van der Waals surface area contributed by atoms with Gasteiger partial charge in [-0.05, 0) is 43.9 Å². The van der Waals surface area contributed by atoms with Gasteiger partial charge in [0.1, 0.15) is 0 Å². The van der Waals surface area contributed by atoms with E-state index in [1.165, 1.54) is 51.4 Å². The lowest BCUT2D eigenvalue weighted by molar-refractivity contribution is -0.0295. The molecular formula is C15H28O. The maximum Gasteiger partial charge on any atom is 0.0650 e. The van der Waals surface area contributed by atoms with Gasteiger partial charge in [0.2, 0.25) is 0 Å². The van der Waals surface area contributed by atoms with Gasteiger partial charge in [0, 0.05) is 0 Å². The summed E-state index contributed by atoms with van der Waals surface area (Å²) in [4.78, 5) is 0. The molecule has 0 saturated heterocycles. The lowest BCUT2D eigenvalue weighted by Crippen LogP contribution is -2.35. The van der Waals surface area contributed by atoms with Crippen molar-refractivity contribution in [1.29, 1.82) is 0 Å². The molecule has 16 heavy (non-hydrogen) atoms. The Bertz CT molecular complexity index is 197. The van der Waals surface area contributed by atoms with E-state index in [1.807, 2.05) is 0 Å². The average Bonchev–Trinajstić information content (AvgIpc) is 2.74. The standard InChI is InChI=1S/C15H28O/c1-2-5-13-8-10-15(16,11-9-13)12-14-6-3-4-7-14/h13-14,16H,2-12H2,1H3. The fourth-order valence-corrected chi connectivity index (χ4v) is 3.87. The van der Waals surface area contributed by atoms with Crippen molar-refractivity contribution in [1.82, 2.24) is 0 Å². The summed E-state index contributed by atoms with van der Waals surface area (Å²) in [5.41, 5.74) is -0.279. The molecule has 0 aromatic heterocycles. The third-order valence-corrected chi connectivity index (χ3v) is 4.88. The molecule has 2 fully saturated rings. The van der Waals surface area contributed by atoms with Crippen molar-refractivity contribution in [3.63, 3.8) is 0 Å². The largest absolute Gasteiger partial charge is 0.390 e. The van der Waals surface area contributed by atoms with Gasteiger partial charge in [0.05, 0.1) is 5.60 Å². The molecule has 2 aliphatic rings. The number of rotatable bonds is 4. The molecule has 0 aliphatic heterocycles. The highest BCUT2D eigenvalue weighted by Crippen LogP contribution is 2.41. The first kappa shape index (κ1) is 12.4. The van der Waals surface area contributed by atoms with Gasteiger partial charge in [-0.25, -0.2) is 0 Å². The van der Waals surface area contributed by atoms with Crippen LogP contribution in [0.2, 0.25) is 0 Å². The molecular weight excluding hydrogens is 196 g/mol. The predicted octanol–water partition coefficient (Wildman–Crippen LogP) is 4.29. The lowest BCUT2D eigenvalue weighted by atomic mass is 9.73. The van der Waals surface area contributed by atoms with E-state index < -0.39 is 0 Å². The Labute approximate surface area is 101 Å². The number of aliphatic hydroxyl groups is 1. The van der Waals surface area contributed by atoms with Crippen LogP contribution in [0.25, 0.3) is 0 Å². The number of hydrogen-bond donors (Lipinski definition) is 1. The maximum absolute atomic E-state index is 10.6.